The summed E-state index contributed by atoms with van der Waals surface area (Å²) in [6, 6.07) is 0. The highest BCUT2D eigenvalue weighted by molar-refractivity contribution is 9.11. The third-order valence-corrected chi connectivity index (χ3v) is 4.48. The van der Waals surface area contributed by atoms with Crippen LogP contribution >= 0.6 is 26.0 Å². The van der Waals surface area contributed by atoms with Crippen LogP contribution in [0.3, 0.4) is 0 Å². The second-order valence-corrected chi connectivity index (χ2v) is 10.7. The van der Waals surface area contributed by atoms with Crippen molar-refractivity contribution in [1.82, 2.24) is 0 Å². The normalized spacial score (nSPS) is 23.3. The van der Waals surface area contributed by atoms with Crippen molar-refractivity contribution in [2.45, 2.75) is 0 Å². The quantitative estimate of drug-likeness (QED) is 0.563. The zero-order valence-corrected chi connectivity index (χ0v) is 13.4. The van der Waals surface area contributed by atoms with Gasteiger partial charge in [0.15, 0.2) is 5.84 Å². The van der Waals surface area contributed by atoms with Gasteiger partial charge in [0.05, 0.1) is 13.2 Å². The fraction of sp³-hybridized carbons (Fsp3) is 0.538. The van der Waals surface area contributed by atoms with Crippen molar-refractivity contribution >= 4 is 38.0 Å². The van der Waals surface area contributed by atoms with E-state index in [1.807, 2.05) is 12.3 Å². The molecule has 18 heavy (non-hydrogen) atoms. The van der Waals surface area contributed by atoms with Gasteiger partial charge in [-0.25, -0.2) is 20.0 Å². The molecule has 0 fully saturated rings. The van der Waals surface area contributed by atoms with Crippen LogP contribution in [0.25, 0.3) is 0 Å². The molecule has 0 aromatic carbocycles. The molecule has 0 bridgehead atoms. The van der Waals surface area contributed by atoms with Crippen molar-refractivity contribution in [2.24, 2.45) is 15.9 Å². The molecule has 100 valence electrons. The van der Waals surface area contributed by atoms with Gasteiger partial charge in [-0.3, -0.25) is 0 Å². The summed E-state index contributed by atoms with van der Waals surface area (Å²) in [6.45, 7) is 1.55. The number of aliphatic imine (C=N–C) groups is 2. The summed E-state index contributed by atoms with van der Waals surface area (Å²) < 4.78 is 6.58. The third kappa shape index (κ3) is 4.07. The summed E-state index contributed by atoms with van der Waals surface area (Å²) >= 11 is 3.36. The predicted molar refractivity (Wildman–Crippen MR) is 85.6 cm³/mol. The molecule has 2 aliphatic heterocycles. The lowest BCUT2D eigenvalue weighted by Gasteiger charge is -2.25. The minimum absolute atomic E-state index is 0.267. The number of amidine groups is 1. The number of dihydropyridines is 1. The lowest BCUT2D eigenvalue weighted by molar-refractivity contribution is 0.142. The molecule has 0 aliphatic carbocycles. The van der Waals surface area contributed by atoms with Gasteiger partial charge in [-0.2, -0.15) is 0 Å². The maximum absolute atomic E-state index is 5.74. The zero-order valence-electron chi connectivity index (χ0n) is 11.0. The van der Waals surface area contributed by atoms with Crippen LogP contribution in [0, 0.1) is 5.92 Å². The Labute approximate surface area is 119 Å². The smallest absolute Gasteiger partial charge is 0.159 e. The Bertz CT molecular complexity index is 446. The van der Waals surface area contributed by atoms with Crippen LogP contribution in [-0.4, -0.2) is 49.8 Å². The van der Waals surface area contributed by atoms with Crippen molar-refractivity contribution in [3.05, 3.63) is 22.3 Å². The van der Waals surface area contributed by atoms with E-state index in [0.29, 0.717) is 6.61 Å². The summed E-state index contributed by atoms with van der Waals surface area (Å²) in [5.41, 5.74) is 1.10. The molecule has 0 spiro atoms. The van der Waals surface area contributed by atoms with Crippen LogP contribution < -0.4 is 0 Å². The monoisotopic (exact) mass is 330 g/mol. The second-order valence-electron chi connectivity index (χ2n) is 5.34. The topological polar surface area (TPSA) is 34.0 Å². The summed E-state index contributed by atoms with van der Waals surface area (Å²) in [6.07, 6.45) is 13.0. The van der Waals surface area contributed by atoms with Gasteiger partial charge in [-0.05, 0) is 40.8 Å². The summed E-state index contributed by atoms with van der Waals surface area (Å²) in [4.78, 5) is 8.62. The van der Waals surface area contributed by atoms with E-state index >= 15 is 0 Å². The SMILES string of the molecule is CS(C)(C)CCOCC1C=NC2=NC(Br)=CC2=C1. The standard InChI is InChI=1S/C13H19BrN2OS/c1-18(2,3)5-4-17-9-10-6-11-7-12(14)16-13(11)15-8-10/h6-8,10H,4-5,9H2,1-3H3. The van der Waals surface area contributed by atoms with E-state index < -0.39 is 10.0 Å². The Balaban J connectivity index is 1.79. The number of nitrogens with zero attached hydrogens (tertiary/aromatic N) is 2. The predicted octanol–water partition coefficient (Wildman–Crippen LogP) is 2.97. The molecule has 0 aromatic heterocycles. The minimum atomic E-state index is -0.457. The van der Waals surface area contributed by atoms with Gasteiger partial charge < -0.3 is 4.74 Å². The molecule has 3 nitrogen and oxygen atoms in total. The number of rotatable bonds is 5. The third-order valence-electron chi connectivity index (χ3n) is 2.68. The van der Waals surface area contributed by atoms with Crippen molar-refractivity contribution in [3.63, 3.8) is 0 Å². The molecular weight excluding hydrogens is 312 g/mol. The molecule has 0 saturated heterocycles. The Morgan fingerprint density at radius 2 is 2.17 bits per heavy atom. The molecular formula is C13H19BrN2OS. The highest BCUT2D eigenvalue weighted by Crippen LogP contribution is 2.33. The summed E-state index contributed by atoms with van der Waals surface area (Å²) in [5.74, 6) is 2.23. The van der Waals surface area contributed by atoms with E-state index in [0.717, 1.165) is 28.4 Å². The molecule has 1 atom stereocenters. The van der Waals surface area contributed by atoms with Gasteiger partial charge >= 0.3 is 0 Å². The van der Waals surface area contributed by atoms with Gasteiger partial charge in [-0.1, -0.05) is 6.08 Å². The molecule has 0 amide bonds. The van der Waals surface area contributed by atoms with E-state index in [-0.39, 0.29) is 5.92 Å². The van der Waals surface area contributed by atoms with Crippen LogP contribution in [-0.2, 0) is 4.74 Å². The Morgan fingerprint density at radius 3 is 2.89 bits per heavy atom. The molecule has 2 heterocycles. The first kappa shape index (κ1) is 14.0. The Morgan fingerprint density at radius 1 is 1.39 bits per heavy atom. The summed E-state index contributed by atoms with van der Waals surface area (Å²) in [7, 11) is -0.457. The first-order chi connectivity index (χ1) is 8.44. The van der Waals surface area contributed by atoms with E-state index in [1.54, 1.807) is 0 Å². The number of hydrogen-bond donors (Lipinski definition) is 0. The Hall–Kier alpha value is -0.390. The highest BCUT2D eigenvalue weighted by atomic mass is 79.9. The average molecular weight is 331 g/mol. The van der Waals surface area contributed by atoms with Crippen molar-refractivity contribution in [1.29, 1.82) is 0 Å². The van der Waals surface area contributed by atoms with E-state index in [4.69, 9.17) is 4.74 Å². The van der Waals surface area contributed by atoms with Gasteiger partial charge in [0.1, 0.15) is 4.61 Å². The molecule has 0 radical (unpaired) electrons. The van der Waals surface area contributed by atoms with Crippen LogP contribution in [0.4, 0.5) is 0 Å². The molecule has 2 rings (SSSR count). The lowest BCUT2D eigenvalue weighted by Crippen LogP contribution is -2.17. The highest BCUT2D eigenvalue weighted by Gasteiger charge is 2.18. The molecule has 0 N–H and O–H groups in total. The van der Waals surface area contributed by atoms with E-state index in [2.05, 4.69) is 50.8 Å². The van der Waals surface area contributed by atoms with Crippen LogP contribution in [0.15, 0.2) is 32.3 Å². The van der Waals surface area contributed by atoms with Gasteiger partial charge in [0.25, 0.3) is 0 Å². The van der Waals surface area contributed by atoms with Crippen molar-refractivity contribution < 1.29 is 4.74 Å². The molecule has 0 saturated carbocycles. The molecule has 0 aromatic rings. The van der Waals surface area contributed by atoms with Crippen molar-refractivity contribution in [2.75, 3.05) is 37.7 Å². The van der Waals surface area contributed by atoms with Crippen LogP contribution in [0.1, 0.15) is 0 Å². The average Bonchev–Trinajstić information content (AvgIpc) is 2.62. The molecule has 5 heteroatoms. The zero-order chi connectivity index (χ0) is 13.2. The van der Waals surface area contributed by atoms with Crippen LogP contribution in [0.5, 0.6) is 0 Å². The van der Waals surface area contributed by atoms with E-state index in [1.165, 1.54) is 0 Å². The second kappa shape index (κ2) is 5.72. The lowest BCUT2D eigenvalue weighted by atomic mass is 10.0. The number of halogens is 1. The van der Waals surface area contributed by atoms with Gasteiger partial charge in [0.2, 0.25) is 0 Å². The fourth-order valence-electron chi connectivity index (χ4n) is 1.68. The maximum Gasteiger partial charge on any atom is 0.159 e. The number of ether oxygens (including phenoxy) is 1. The first-order valence-corrected chi connectivity index (χ1v) is 9.72. The minimum Gasteiger partial charge on any atom is -0.380 e. The van der Waals surface area contributed by atoms with E-state index in [9.17, 15) is 0 Å². The number of fused-ring (bicyclic) bond motifs is 1. The molecule has 2 aliphatic rings. The first-order valence-electron chi connectivity index (χ1n) is 5.90. The van der Waals surface area contributed by atoms with Gasteiger partial charge in [-0.15, -0.1) is 0 Å². The fourth-order valence-corrected chi connectivity index (χ4v) is 2.71. The Kier molecular flexibility index (Phi) is 4.45. The van der Waals surface area contributed by atoms with Gasteiger partial charge in [0, 0.05) is 23.5 Å². The number of hydrogen-bond acceptors (Lipinski definition) is 3. The maximum atomic E-state index is 5.74. The largest absolute Gasteiger partial charge is 0.380 e. The van der Waals surface area contributed by atoms with Crippen LogP contribution in [0.2, 0.25) is 0 Å². The molecule has 1 unspecified atom stereocenters. The summed E-state index contributed by atoms with van der Waals surface area (Å²) in [5, 5.41) is 0. The van der Waals surface area contributed by atoms with Crippen molar-refractivity contribution in [3.8, 4) is 0 Å².